The van der Waals surface area contributed by atoms with Gasteiger partial charge in [-0.05, 0) is 37.1 Å². The summed E-state index contributed by atoms with van der Waals surface area (Å²) in [6.07, 6.45) is 1.18. The number of nitrogens with one attached hydrogen (secondary N) is 2. The lowest BCUT2D eigenvalue weighted by Crippen LogP contribution is -2.37. The standard InChI is InChI=1S/C16H22N4O2/c1-11(2)15(21)10-17-16(22)19-13-5-4-6-14(9-13)20-12(3)7-8-18-20/h4-9,11,15,21H,10H2,1-3H3,(H2,17,19,22)/t15-/m0/s1. The molecule has 0 bridgehead atoms. The van der Waals surface area contributed by atoms with Crippen molar-refractivity contribution in [3.05, 3.63) is 42.2 Å². The number of hydrogen-bond donors (Lipinski definition) is 3. The number of benzene rings is 1. The first-order valence-corrected chi connectivity index (χ1v) is 7.31. The Bertz CT molecular complexity index is 637. The maximum atomic E-state index is 11.8. The van der Waals surface area contributed by atoms with Gasteiger partial charge in [0.2, 0.25) is 0 Å². The van der Waals surface area contributed by atoms with E-state index in [2.05, 4.69) is 15.7 Å². The summed E-state index contributed by atoms with van der Waals surface area (Å²) in [4.78, 5) is 11.8. The number of nitrogens with zero attached hydrogens (tertiary/aromatic N) is 2. The molecule has 118 valence electrons. The zero-order valence-electron chi connectivity index (χ0n) is 13.1. The van der Waals surface area contributed by atoms with E-state index >= 15 is 0 Å². The van der Waals surface area contributed by atoms with Crippen molar-refractivity contribution in [2.75, 3.05) is 11.9 Å². The van der Waals surface area contributed by atoms with E-state index in [-0.39, 0.29) is 18.5 Å². The summed E-state index contributed by atoms with van der Waals surface area (Å²) < 4.78 is 1.80. The first-order valence-electron chi connectivity index (χ1n) is 7.31. The molecule has 2 amide bonds. The third kappa shape index (κ3) is 4.08. The molecule has 0 fully saturated rings. The Hall–Kier alpha value is -2.34. The number of anilines is 1. The number of carbonyl (C=O) groups excluding carboxylic acids is 1. The molecule has 6 heteroatoms. The van der Waals surface area contributed by atoms with E-state index in [1.165, 1.54) is 0 Å². The highest BCUT2D eigenvalue weighted by Gasteiger charge is 2.11. The quantitative estimate of drug-likeness (QED) is 0.793. The summed E-state index contributed by atoms with van der Waals surface area (Å²) in [6, 6.07) is 9.01. The molecule has 6 nitrogen and oxygen atoms in total. The van der Waals surface area contributed by atoms with Gasteiger partial charge in [-0.3, -0.25) is 0 Å². The van der Waals surface area contributed by atoms with Crippen molar-refractivity contribution in [2.45, 2.75) is 26.9 Å². The lowest BCUT2D eigenvalue weighted by Gasteiger charge is -2.15. The molecule has 0 aliphatic carbocycles. The molecule has 22 heavy (non-hydrogen) atoms. The van der Waals surface area contributed by atoms with Crippen LogP contribution in [0.15, 0.2) is 36.5 Å². The smallest absolute Gasteiger partial charge is 0.319 e. The fraction of sp³-hybridized carbons (Fsp3) is 0.375. The van der Waals surface area contributed by atoms with Gasteiger partial charge in [0.1, 0.15) is 0 Å². The normalized spacial score (nSPS) is 12.2. The van der Waals surface area contributed by atoms with Gasteiger partial charge >= 0.3 is 6.03 Å². The largest absolute Gasteiger partial charge is 0.391 e. The number of hydrogen-bond acceptors (Lipinski definition) is 3. The molecular weight excluding hydrogens is 280 g/mol. The number of aryl methyl sites for hydroxylation is 1. The summed E-state index contributed by atoms with van der Waals surface area (Å²) in [5.74, 6) is 0.103. The number of amides is 2. The Morgan fingerprint density at radius 1 is 1.36 bits per heavy atom. The van der Waals surface area contributed by atoms with Crippen LogP contribution in [0, 0.1) is 12.8 Å². The maximum Gasteiger partial charge on any atom is 0.319 e. The number of urea groups is 1. The van der Waals surface area contributed by atoms with Gasteiger partial charge in [-0.1, -0.05) is 19.9 Å². The third-order valence-corrected chi connectivity index (χ3v) is 3.42. The van der Waals surface area contributed by atoms with Crippen molar-refractivity contribution in [2.24, 2.45) is 5.92 Å². The molecule has 1 heterocycles. The molecular formula is C16H22N4O2. The predicted octanol–water partition coefficient (Wildman–Crippen LogP) is 2.32. The first kappa shape index (κ1) is 16.0. The second-order valence-electron chi connectivity index (χ2n) is 5.58. The second-order valence-corrected chi connectivity index (χ2v) is 5.58. The number of rotatable bonds is 5. The van der Waals surface area contributed by atoms with Gasteiger partial charge < -0.3 is 15.7 Å². The van der Waals surface area contributed by atoms with Crippen LogP contribution in [0.5, 0.6) is 0 Å². The van der Waals surface area contributed by atoms with Gasteiger partial charge in [0.15, 0.2) is 0 Å². The van der Waals surface area contributed by atoms with E-state index in [1.807, 2.05) is 45.0 Å². The summed E-state index contributed by atoms with van der Waals surface area (Å²) >= 11 is 0. The Morgan fingerprint density at radius 3 is 2.77 bits per heavy atom. The van der Waals surface area contributed by atoms with E-state index in [9.17, 15) is 9.90 Å². The third-order valence-electron chi connectivity index (χ3n) is 3.42. The van der Waals surface area contributed by atoms with Crippen LogP contribution in [0.3, 0.4) is 0 Å². The van der Waals surface area contributed by atoms with Gasteiger partial charge in [-0.2, -0.15) is 5.10 Å². The Balaban J connectivity index is 1.99. The molecule has 0 saturated carbocycles. The number of aliphatic hydroxyl groups excluding tert-OH is 1. The monoisotopic (exact) mass is 302 g/mol. The fourth-order valence-electron chi connectivity index (χ4n) is 1.96. The second kappa shape index (κ2) is 7.09. The minimum atomic E-state index is -0.552. The molecule has 1 aromatic heterocycles. The minimum absolute atomic E-state index is 0.103. The lowest BCUT2D eigenvalue weighted by atomic mass is 10.1. The van der Waals surface area contributed by atoms with Crippen LogP contribution in [0.4, 0.5) is 10.5 Å². The molecule has 0 aliphatic rings. The first-order chi connectivity index (χ1) is 10.5. The molecule has 3 N–H and O–H groups in total. The van der Waals surface area contributed by atoms with Crippen LogP contribution in [0.1, 0.15) is 19.5 Å². The van der Waals surface area contributed by atoms with Crippen LogP contribution in [0.25, 0.3) is 5.69 Å². The summed E-state index contributed by atoms with van der Waals surface area (Å²) in [6.45, 7) is 5.99. The minimum Gasteiger partial charge on any atom is -0.391 e. The number of carbonyl (C=O) groups is 1. The van der Waals surface area contributed by atoms with Crippen LogP contribution < -0.4 is 10.6 Å². The molecule has 0 saturated heterocycles. The Morgan fingerprint density at radius 2 is 2.14 bits per heavy atom. The predicted molar refractivity (Wildman–Crippen MR) is 86.2 cm³/mol. The molecule has 0 radical (unpaired) electrons. The molecule has 0 spiro atoms. The molecule has 0 aliphatic heterocycles. The van der Waals surface area contributed by atoms with Crippen molar-refractivity contribution in [3.8, 4) is 5.69 Å². The highest BCUT2D eigenvalue weighted by Crippen LogP contribution is 2.15. The SMILES string of the molecule is Cc1ccnn1-c1cccc(NC(=O)NC[C@H](O)C(C)C)c1. The Kier molecular flexibility index (Phi) is 5.16. The average molecular weight is 302 g/mol. The van der Waals surface area contributed by atoms with Crippen LogP contribution in [-0.2, 0) is 0 Å². The molecule has 0 unspecified atom stereocenters. The Labute approximate surface area is 130 Å². The molecule has 1 aromatic carbocycles. The van der Waals surface area contributed by atoms with Crippen molar-refractivity contribution in [1.82, 2.24) is 15.1 Å². The van der Waals surface area contributed by atoms with Crippen LogP contribution in [0.2, 0.25) is 0 Å². The highest BCUT2D eigenvalue weighted by molar-refractivity contribution is 5.89. The zero-order chi connectivity index (χ0) is 16.1. The van der Waals surface area contributed by atoms with Gasteiger partial charge in [0.25, 0.3) is 0 Å². The summed E-state index contributed by atoms with van der Waals surface area (Å²) in [5, 5.41) is 19.3. The highest BCUT2D eigenvalue weighted by atomic mass is 16.3. The van der Waals surface area contributed by atoms with Crippen molar-refractivity contribution in [3.63, 3.8) is 0 Å². The van der Waals surface area contributed by atoms with Crippen LogP contribution in [-0.4, -0.2) is 33.6 Å². The van der Waals surface area contributed by atoms with Gasteiger partial charge in [-0.25, -0.2) is 9.48 Å². The summed E-state index contributed by atoms with van der Waals surface area (Å²) in [5.41, 5.74) is 2.56. The average Bonchev–Trinajstić information content (AvgIpc) is 2.91. The van der Waals surface area contributed by atoms with Crippen LogP contribution >= 0.6 is 0 Å². The topological polar surface area (TPSA) is 79.2 Å². The van der Waals surface area contributed by atoms with E-state index in [1.54, 1.807) is 16.9 Å². The molecule has 1 atom stereocenters. The van der Waals surface area contributed by atoms with Gasteiger partial charge in [0.05, 0.1) is 11.8 Å². The maximum absolute atomic E-state index is 11.8. The van der Waals surface area contributed by atoms with Crippen molar-refractivity contribution in [1.29, 1.82) is 0 Å². The molecule has 2 aromatic rings. The summed E-state index contributed by atoms with van der Waals surface area (Å²) in [7, 11) is 0. The van der Waals surface area contributed by atoms with E-state index in [0.717, 1.165) is 11.4 Å². The number of aliphatic hydroxyl groups is 1. The lowest BCUT2D eigenvalue weighted by molar-refractivity contribution is 0.126. The van der Waals surface area contributed by atoms with E-state index in [4.69, 9.17) is 0 Å². The van der Waals surface area contributed by atoms with Gasteiger partial charge in [-0.15, -0.1) is 0 Å². The van der Waals surface area contributed by atoms with E-state index in [0.29, 0.717) is 5.69 Å². The fourth-order valence-corrected chi connectivity index (χ4v) is 1.96. The van der Waals surface area contributed by atoms with Gasteiger partial charge in [0, 0.05) is 24.1 Å². The number of aromatic nitrogens is 2. The van der Waals surface area contributed by atoms with Crippen molar-refractivity contribution < 1.29 is 9.90 Å². The van der Waals surface area contributed by atoms with E-state index < -0.39 is 6.10 Å². The molecule has 2 rings (SSSR count). The van der Waals surface area contributed by atoms with Crippen molar-refractivity contribution >= 4 is 11.7 Å². The zero-order valence-corrected chi connectivity index (χ0v) is 13.1.